The fourth-order valence-corrected chi connectivity index (χ4v) is 7.30. The minimum absolute atomic E-state index is 0.102. The fourth-order valence-electron chi connectivity index (χ4n) is 7.04. The number of amides is 2. The smallest absolute Gasteiger partial charge is 0.259 e. The number of hydrogen-bond donors (Lipinski definition) is 1. The first-order valence-electron chi connectivity index (χ1n) is 14.4. The van der Waals surface area contributed by atoms with Gasteiger partial charge >= 0.3 is 0 Å². The quantitative estimate of drug-likeness (QED) is 0.279. The van der Waals surface area contributed by atoms with Crippen LogP contribution in [0.3, 0.4) is 0 Å². The first kappa shape index (κ1) is 26.0. The fraction of sp³-hybridized carbons (Fsp3) is 0.257. The predicted octanol–water partition coefficient (Wildman–Crippen LogP) is 7.58. The molecule has 4 aromatic carbocycles. The van der Waals surface area contributed by atoms with Gasteiger partial charge in [0.25, 0.3) is 11.8 Å². The van der Waals surface area contributed by atoms with Crippen LogP contribution in [0.2, 0.25) is 5.02 Å². The minimum Gasteiger partial charge on any atom is -0.322 e. The van der Waals surface area contributed by atoms with Gasteiger partial charge in [0.1, 0.15) is 0 Å². The van der Waals surface area contributed by atoms with E-state index in [1.54, 1.807) is 18.2 Å². The zero-order chi connectivity index (χ0) is 28.1. The van der Waals surface area contributed by atoms with E-state index in [0.717, 1.165) is 28.9 Å². The lowest BCUT2D eigenvalue weighted by Crippen LogP contribution is -2.46. The molecule has 1 saturated carbocycles. The van der Waals surface area contributed by atoms with Crippen LogP contribution in [0.15, 0.2) is 91.0 Å². The third kappa shape index (κ3) is 4.73. The lowest BCUT2D eigenvalue weighted by atomic mass is 9.98. The van der Waals surface area contributed by atoms with E-state index in [1.165, 1.54) is 24.8 Å². The highest BCUT2D eigenvalue weighted by atomic mass is 35.5. The van der Waals surface area contributed by atoms with E-state index in [4.69, 9.17) is 11.6 Å². The molecule has 3 aliphatic rings. The van der Waals surface area contributed by atoms with E-state index in [9.17, 15) is 9.59 Å². The third-order valence-electron chi connectivity index (χ3n) is 9.13. The molecule has 1 saturated heterocycles. The van der Waals surface area contributed by atoms with Gasteiger partial charge in [-0.3, -0.25) is 14.5 Å². The van der Waals surface area contributed by atoms with Crippen LogP contribution in [0.1, 0.15) is 51.1 Å². The molecule has 2 amide bonds. The number of anilines is 2. The zero-order valence-electron chi connectivity index (χ0n) is 23.0. The standard InChI is InChI=1S/C35H32ClN3O2/c1-22-10-12-23(13-11-22)28-7-3-4-8-29(28)34(40)37-26-15-17-30(31(36)19-26)35(41)39-21-33-24-14-16-27(18-24)38(33)20-25-6-2-5-9-32(25)39/h2-13,15,17,19,24,27,33H,14,16,18,20-21H2,1H3,(H,37,40). The summed E-state index contributed by atoms with van der Waals surface area (Å²) < 4.78 is 0. The number of benzene rings is 4. The second-order valence-corrected chi connectivity index (χ2v) is 12.0. The maximum atomic E-state index is 14.0. The van der Waals surface area contributed by atoms with E-state index in [0.29, 0.717) is 46.4 Å². The summed E-state index contributed by atoms with van der Waals surface area (Å²) in [6.07, 6.45) is 3.73. The normalized spacial score (nSPS) is 21.2. The van der Waals surface area contributed by atoms with E-state index in [2.05, 4.69) is 22.3 Å². The second kappa shape index (κ2) is 10.5. The van der Waals surface area contributed by atoms with Crippen molar-refractivity contribution in [3.63, 3.8) is 0 Å². The van der Waals surface area contributed by atoms with Crippen LogP contribution in [0, 0.1) is 12.8 Å². The maximum Gasteiger partial charge on any atom is 0.259 e. The number of para-hydroxylation sites is 1. The molecule has 2 fully saturated rings. The summed E-state index contributed by atoms with van der Waals surface area (Å²) in [7, 11) is 0. The molecular weight excluding hydrogens is 530 g/mol. The van der Waals surface area contributed by atoms with Gasteiger partial charge in [0.15, 0.2) is 0 Å². The van der Waals surface area contributed by atoms with Crippen molar-refractivity contribution in [2.24, 2.45) is 5.92 Å². The van der Waals surface area contributed by atoms with Gasteiger partial charge in [-0.2, -0.15) is 0 Å². The maximum absolute atomic E-state index is 14.0. The Balaban J connectivity index is 1.14. The van der Waals surface area contributed by atoms with Crippen LogP contribution in [-0.2, 0) is 6.54 Å². The van der Waals surface area contributed by atoms with Crippen LogP contribution in [0.25, 0.3) is 11.1 Å². The van der Waals surface area contributed by atoms with E-state index in [1.807, 2.05) is 72.5 Å². The zero-order valence-corrected chi connectivity index (χ0v) is 23.8. The number of fused-ring (bicyclic) bond motifs is 6. The van der Waals surface area contributed by atoms with Gasteiger partial charge in [-0.25, -0.2) is 0 Å². The average Bonchev–Trinajstić information content (AvgIpc) is 3.54. The summed E-state index contributed by atoms with van der Waals surface area (Å²) >= 11 is 6.75. The van der Waals surface area contributed by atoms with Crippen molar-refractivity contribution in [2.45, 2.75) is 44.8 Å². The Bertz CT molecular complexity index is 1650. The molecular formula is C35H32ClN3O2. The SMILES string of the molecule is Cc1ccc(-c2ccccc2C(=O)Nc2ccc(C(=O)N3CC4C5CCC(C5)N4Cc4ccccc43)c(Cl)c2)cc1. The van der Waals surface area contributed by atoms with Gasteiger partial charge in [0, 0.05) is 42.1 Å². The first-order chi connectivity index (χ1) is 20.0. The monoisotopic (exact) mass is 561 g/mol. The molecule has 2 bridgehead atoms. The molecule has 0 aromatic heterocycles. The van der Waals surface area contributed by atoms with Gasteiger partial charge in [-0.15, -0.1) is 0 Å². The summed E-state index contributed by atoms with van der Waals surface area (Å²) in [5.74, 6) is 0.310. The van der Waals surface area contributed by atoms with Crippen molar-refractivity contribution in [3.8, 4) is 11.1 Å². The molecule has 7 rings (SSSR count). The lowest BCUT2D eigenvalue weighted by Gasteiger charge is -2.35. The molecule has 3 unspecified atom stereocenters. The number of aryl methyl sites for hydroxylation is 1. The Morgan fingerprint density at radius 1 is 0.878 bits per heavy atom. The van der Waals surface area contributed by atoms with Crippen molar-refractivity contribution in [1.29, 1.82) is 0 Å². The Morgan fingerprint density at radius 2 is 1.66 bits per heavy atom. The van der Waals surface area contributed by atoms with Crippen LogP contribution in [-0.4, -0.2) is 35.3 Å². The predicted molar refractivity (Wildman–Crippen MR) is 165 cm³/mol. The van der Waals surface area contributed by atoms with Gasteiger partial charge < -0.3 is 10.2 Å². The molecule has 5 nitrogen and oxygen atoms in total. The van der Waals surface area contributed by atoms with Crippen LogP contribution < -0.4 is 10.2 Å². The number of nitrogens with one attached hydrogen (secondary N) is 1. The first-order valence-corrected chi connectivity index (χ1v) is 14.8. The average molecular weight is 562 g/mol. The van der Waals surface area contributed by atoms with Crippen molar-refractivity contribution in [2.75, 3.05) is 16.8 Å². The molecule has 1 aliphatic carbocycles. The number of hydrogen-bond acceptors (Lipinski definition) is 3. The summed E-state index contributed by atoms with van der Waals surface area (Å²) in [6, 6.07) is 30.1. The number of nitrogens with zero attached hydrogens (tertiary/aromatic N) is 2. The number of piperidine rings is 1. The Hall–Kier alpha value is -3.93. The second-order valence-electron chi connectivity index (χ2n) is 11.6. The van der Waals surface area contributed by atoms with Crippen molar-refractivity contribution >= 4 is 34.8 Å². The van der Waals surface area contributed by atoms with E-state index < -0.39 is 0 Å². The summed E-state index contributed by atoms with van der Waals surface area (Å²) in [5, 5.41) is 3.31. The molecule has 2 heterocycles. The highest BCUT2D eigenvalue weighted by molar-refractivity contribution is 6.35. The highest BCUT2D eigenvalue weighted by Crippen LogP contribution is 2.46. The van der Waals surface area contributed by atoms with Crippen LogP contribution >= 0.6 is 11.6 Å². The summed E-state index contributed by atoms with van der Waals surface area (Å²) in [5.41, 5.74) is 6.71. The van der Waals surface area contributed by atoms with Crippen molar-refractivity contribution in [3.05, 3.63) is 118 Å². The molecule has 3 atom stereocenters. The Labute approximate surface area is 245 Å². The third-order valence-corrected chi connectivity index (χ3v) is 9.44. The Kier molecular flexibility index (Phi) is 6.64. The van der Waals surface area contributed by atoms with Crippen molar-refractivity contribution in [1.82, 2.24) is 4.90 Å². The molecule has 0 radical (unpaired) electrons. The molecule has 6 heteroatoms. The molecule has 41 heavy (non-hydrogen) atoms. The number of rotatable bonds is 4. The largest absolute Gasteiger partial charge is 0.322 e. The topological polar surface area (TPSA) is 52.7 Å². The number of carbonyl (C=O) groups excluding carboxylic acids is 2. The molecule has 0 spiro atoms. The number of halogens is 1. The van der Waals surface area contributed by atoms with Crippen LogP contribution in [0.5, 0.6) is 0 Å². The summed E-state index contributed by atoms with van der Waals surface area (Å²) in [6.45, 7) is 3.59. The summed E-state index contributed by atoms with van der Waals surface area (Å²) in [4.78, 5) is 32.0. The molecule has 206 valence electrons. The van der Waals surface area contributed by atoms with Crippen molar-refractivity contribution < 1.29 is 9.59 Å². The minimum atomic E-state index is -0.228. The Morgan fingerprint density at radius 3 is 2.49 bits per heavy atom. The van der Waals surface area contributed by atoms with E-state index in [-0.39, 0.29) is 11.8 Å². The van der Waals surface area contributed by atoms with Crippen LogP contribution in [0.4, 0.5) is 11.4 Å². The molecule has 1 N–H and O–H groups in total. The molecule has 4 aromatic rings. The molecule has 2 aliphatic heterocycles. The van der Waals surface area contributed by atoms with Gasteiger partial charge in [0.05, 0.1) is 10.6 Å². The number of carbonyl (C=O) groups is 2. The van der Waals surface area contributed by atoms with Gasteiger partial charge in [0.2, 0.25) is 0 Å². The highest BCUT2D eigenvalue weighted by Gasteiger charge is 2.48. The lowest BCUT2D eigenvalue weighted by molar-refractivity contribution is 0.0961. The van der Waals surface area contributed by atoms with Gasteiger partial charge in [-0.1, -0.05) is 77.8 Å². The van der Waals surface area contributed by atoms with Gasteiger partial charge in [-0.05, 0) is 79.1 Å². The van der Waals surface area contributed by atoms with E-state index >= 15 is 0 Å².